The fourth-order valence-electron chi connectivity index (χ4n) is 3.25. The third-order valence-corrected chi connectivity index (χ3v) is 4.50. The minimum atomic E-state index is -0.298. The zero-order valence-electron chi connectivity index (χ0n) is 13.2. The molecule has 0 aliphatic heterocycles. The number of nitrogens with two attached hydrogens (primary N) is 1. The van der Waals surface area contributed by atoms with Crippen molar-refractivity contribution in [3.05, 3.63) is 23.8 Å². The van der Waals surface area contributed by atoms with Crippen LogP contribution in [0.5, 0.6) is 0 Å². The molecule has 0 spiro atoms. The molecule has 0 saturated heterocycles. The van der Waals surface area contributed by atoms with Gasteiger partial charge >= 0.3 is 0 Å². The van der Waals surface area contributed by atoms with Crippen LogP contribution in [0.3, 0.4) is 0 Å². The van der Waals surface area contributed by atoms with Gasteiger partial charge in [0, 0.05) is 5.54 Å². The number of hydrogen-bond donors (Lipinski definition) is 1. The molecule has 19 heavy (non-hydrogen) atoms. The Morgan fingerprint density at radius 2 is 2.00 bits per heavy atom. The van der Waals surface area contributed by atoms with Crippen LogP contribution in [-0.2, 0) is 4.79 Å². The van der Waals surface area contributed by atoms with Gasteiger partial charge in [0.1, 0.15) is 0 Å². The summed E-state index contributed by atoms with van der Waals surface area (Å²) < 4.78 is 0. The molecule has 0 heterocycles. The number of hydrogen-bond acceptors (Lipinski definition) is 2. The Kier molecular flexibility index (Phi) is 4.62. The summed E-state index contributed by atoms with van der Waals surface area (Å²) in [6, 6.07) is 0. The van der Waals surface area contributed by atoms with Crippen LogP contribution < -0.4 is 5.73 Å². The van der Waals surface area contributed by atoms with Crippen LogP contribution in [0.4, 0.5) is 0 Å². The van der Waals surface area contributed by atoms with E-state index in [9.17, 15) is 4.79 Å². The van der Waals surface area contributed by atoms with E-state index in [0.29, 0.717) is 0 Å². The highest BCUT2D eigenvalue weighted by Crippen LogP contribution is 2.43. The van der Waals surface area contributed by atoms with Gasteiger partial charge in [0.05, 0.1) is 11.5 Å². The molecule has 108 valence electrons. The van der Waals surface area contributed by atoms with Gasteiger partial charge in [-0.05, 0) is 46.2 Å². The van der Waals surface area contributed by atoms with Crippen molar-refractivity contribution in [2.45, 2.75) is 58.5 Å². The molecule has 0 saturated carbocycles. The highest BCUT2D eigenvalue weighted by Gasteiger charge is 2.48. The molecular formula is C16H28N2O. The Balaban J connectivity index is 3.42. The van der Waals surface area contributed by atoms with Crippen LogP contribution in [0.25, 0.3) is 0 Å². The fourth-order valence-corrected chi connectivity index (χ4v) is 3.25. The number of nitrogens with zero attached hydrogens (tertiary/aromatic N) is 1. The van der Waals surface area contributed by atoms with Gasteiger partial charge in [-0.2, -0.15) is 0 Å². The normalized spacial score (nSPS) is 27.5. The summed E-state index contributed by atoms with van der Waals surface area (Å²) >= 11 is 0. The molecule has 0 aromatic carbocycles. The average molecular weight is 264 g/mol. The first-order chi connectivity index (χ1) is 8.71. The van der Waals surface area contributed by atoms with Crippen LogP contribution in [0.1, 0.15) is 47.5 Å². The number of rotatable bonds is 4. The van der Waals surface area contributed by atoms with Crippen molar-refractivity contribution in [1.82, 2.24) is 4.90 Å². The Labute approximate surface area is 117 Å². The van der Waals surface area contributed by atoms with E-state index in [2.05, 4.69) is 52.6 Å². The molecule has 2 N–H and O–H groups in total. The number of carbonyl (C=O) groups is 1. The number of primary amides is 1. The fraction of sp³-hybridized carbons (Fsp3) is 0.688. The van der Waals surface area contributed by atoms with Crippen molar-refractivity contribution in [1.29, 1.82) is 0 Å². The second kappa shape index (κ2) is 5.49. The maximum Gasteiger partial charge on any atom is 0.226 e. The van der Waals surface area contributed by atoms with E-state index in [1.54, 1.807) is 0 Å². The van der Waals surface area contributed by atoms with Gasteiger partial charge in [-0.3, -0.25) is 9.69 Å². The Morgan fingerprint density at radius 1 is 1.42 bits per heavy atom. The van der Waals surface area contributed by atoms with Gasteiger partial charge in [0.2, 0.25) is 5.91 Å². The molecule has 0 aromatic rings. The monoisotopic (exact) mass is 264 g/mol. The molecule has 2 atom stereocenters. The summed E-state index contributed by atoms with van der Waals surface area (Å²) in [5.74, 6) is -0.505. The molecule has 0 bridgehead atoms. The minimum Gasteiger partial charge on any atom is -0.369 e. The van der Waals surface area contributed by atoms with Gasteiger partial charge < -0.3 is 5.73 Å². The van der Waals surface area contributed by atoms with Gasteiger partial charge in [-0.1, -0.05) is 32.1 Å². The van der Waals surface area contributed by atoms with E-state index in [0.717, 1.165) is 12.8 Å². The van der Waals surface area contributed by atoms with Gasteiger partial charge in [0.25, 0.3) is 0 Å². The lowest BCUT2D eigenvalue weighted by molar-refractivity contribution is -0.125. The molecule has 3 heteroatoms. The van der Waals surface area contributed by atoms with Crippen molar-refractivity contribution in [3.63, 3.8) is 0 Å². The average Bonchev–Trinajstić information content (AvgIpc) is 2.35. The zero-order valence-corrected chi connectivity index (χ0v) is 13.2. The van der Waals surface area contributed by atoms with Gasteiger partial charge in [0.15, 0.2) is 0 Å². The van der Waals surface area contributed by atoms with E-state index in [1.165, 1.54) is 5.57 Å². The number of likely N-dealkylation sites (N-methyl/N-ethyl adjacent to an activating group) is 1. The van der Waals surface area contributed by atoms with Crippen LogP contribution in [0.2, 0.25) is 0 Å². The predicted molar refractivity (Wildman–Crippen MR) is 80.7 cm³/mol. The first-order valence-corrected chi connectivity index (χ1v) is 7.12. The predicted octanol–water partition coefficient (Wildman–Crippen LogP) is 2.87. The molecule has 3 nitrogen and oxygen atoms in total. The molecule has 1 amide bonds. The Bertz CT molecular complexity index is 403. The number of carbonyl (C=O) groups excluding carboxylic acids is 1. The third-order valence-electron chi connectivity index (χ3n) is 4.50. The molecule has 1 aliphatic rings. The first-order valence-electron chi connectivity index (χ1n) is 7.12. The maximum atomic E-state index is 11.9. The van der Waals surface area contributed by atoms with Crippen LogP contribution in [0, 0.1) is 5.92 Å². The van der Waals surface area contributed by atoms with Gasteiger partial charge in [-0.15, -0.1) is 0 Å². The number of amides is 1. The van der Waals surface area contributed by atoms with Crippen LogP contribution >= 0.6 is 0 Å². The standard InChI is InChI=1S/C16H28N2O/c1-7-12-10-9-11-13(14(17)19)16(12,8-2)18(6)15(3,4)5/h9-11,13H,7-8H2,1-6H3,(H2,17,19). The highest BCUT2D eigenvalue weighted by atomic mass is 16.1. The van der Waals surface area contributed by atoms with E-state index >= 15 is 0 Å². The van der Waals surface area contributed by atoms with Crippen molar-refractivity contribution >= 4 is 5.91 Å². The van der Waals surface area contributed by atoms with E-state index < -0.39 is 0 Å². The largest absolute Gasteiger partial charge is 0.369 e. The SMILES string of the molecule is CCC1=CC=CC(C(N)=O)C1(CC)N(C)C(C)(C)C. The van der Waals surface area contributed by atoms with Crippen LogP contribution in [0.15, 0.2) is 23.8 Å². The molecule has 1 rings (SSSR count). The van der Waals surface area contributed by atoms with E-state index in [-0.39, 0.29) is 22.9 Å². The molecule has 0 aromatic heterocycles. The summed E-state index contributed by atoms with van der Waals surface area (Å²) in [5, 5.41) is 0. The number of allylic oxidation sites excluding steroid dienone is 2. The lowest BCUT2D eigenvalue weighted by Gasteiger charge is -2.53. The second-order valence-electron chi connectivity index (χ2n) is 6.32. The lowest BCUT2D eigenvalue weighted by Crippen LogP contribution is -2.62. The van der Waals surface area contributed by atoms with E-state index in [1.807, 2.05) is 12.2 Å². The summed E-state index contributed by atoms with van der Waals surface area (Å²) in [6.07, 6.45) is 7.87. The van der Waals surface area contributed by atoms with Crippen LogP contribution in [-0.4, -0.2) is 28.9 Å². The molecule has 0 radical (unpaired) electrons. The smallest absolute Gasteiger partial charge is 0.226 e. The molecule has 0 fully saturated rings. The second-order valence-corrected chi connectivity index (χ2v) is 6.32. The van der Waals surface area contributed by atoms with Crippen molar-refractivity contribution in [2.75, 3.05) is 7.05 Å². The summed E-state index contributed by atoms with van der Waals surface area (Å²) in [4.78, 5) is 14.3. The topological polar surface area (TPSA) is 46.3 Å². The maximum absolute atomic E-state index is 11.9. The van der Waals surface area contributed by atoms with Crippen molar-refractivity contribution in [3.8, 4) is 0 Å². The lowest BCUT2D eigenvalue weighted by atomic mass is 9.69. The molecular weight excluding hydrogens is 236 g/mol. The molecule has 2 unspecified atom stereocenters. The van der Waals surface area contributed by atoms with Crippen molar-refractivity contribution in [2.24, 2.45) is 11.7 Å². The van der Waals surface area contributed by atoms with Crippen molar-refractivity contribution < 1.29 is 4.79 Å². The Hall–Kier alpha value is -1.09. The Morgan fingerprint density at radius 3 is 2.37 bits per heavy atom. The summed E-state index contributed by atoms with van der Waals surface area (Å²) in [5.41, 5.74) is 6.64. The molecule has 1 aliphatic carbocycles. The van der Waals surface area contributed by atoms with E-state index in [4.69, 9.17) is 5.73 Å². The quantitative estimate of drug-likeness (QED) is 0.848. The minimum absolute atomic E-state index is 0.0247. The summed E-state index contributed by atoms with van der Waals surface area (Å²) in [7, 11) is 2.10. The third kappa shape index (κ3) is 2.62. The highest BCUT2D eigenvalue weighted by molar-refractivity contribution is 5.81. The zero-order chi connectivity index (χ0) is 14.8. The van der Waals surface area contributed by atoms with Gasteiger partial charge in [-0.25, -0.2) is 0 Å². The first kappa shape index (κ1) is 16.0. The summed E-state index contributed by atoms with van der Waals surface area (Å²) in [6.45, 7) is 10.8.